The van der Waals surface area contributed by atoms with Crippen LogP contribution in [-0.4, -0.2) is 11.6 Å². The van der Waals surface area contributed by atoms with Crippen molar-refractivity contribution in [3.05, 3.63) is 76.7 Å². The molecule has 0 unspecified atom stereocenters. The molecule has 27 heavy (non-hydrogen) atoms. The van der Waals surface area contributed by atoms with Gasteiger partial charge >= 0.3 is 6.18 Å². The molecular weight excluding hydrogens is 380 g/mol. The number of benzene rings is 2. The predicted molar refractivity (Wildman–Crippen MR) is 96.6 cm³/mol. The third-order valence-corrected chi connectivity index (χ3v) is 3.82. The normalized spacial score (nSPS) is 11.6. The number of nitriles is 1. The minimum Gasteiger partial charge on any atom is -0.489 e. The Hall–Kier alpha value is -2.92. The number of alkyl halides is 3. The molecule has 0 aliphatic heterocycles. The van der Waals surface area contributed by atoms with E-state index in [1.807, 2.05) is 0 Å². The lowest BCUT2D eigenvalue weighted by Gasteiger charge is -2.11. The van der Waals surface area contributed by atoms with E-state index in [2.05, 4.69) is 5.32 Å². The van der Waals surface area contributed by atoms with E-state index in [0.29, 0.717) is 11.3 Å². The molecule has 0 saturated heterocycles. The molecule has 0 saturated carbocycles. The summed E-state index contributed by atoms with van der Waals surface area (Å²) in [6.45, 7) is 1.82. The second-order valence-corrected chi connectivity index (χ2v) is 5.89. The molecule has 0 heterocycles. The fourth-order valence-corrected chi connectivity index (χ4v) is 2.35. The van der Waals surface area contributed by atoms with Gasteiger partial charge in [-0.05, 0) is 37.3 Å². The largest absolute Gasteiger partial charge is 0.489 e. The summed E-state index contributed by atoms with van der Waals surface area (Å²) < 4.78 is 56.5. The number of allylic oxidation sites excluding steroid dienone is 1. The van der Waals surface area contributed by atoms with Crippen molar-refractivity contribution in [1.82, 2.24) is 5.32 Å². The van der Waals surface area contributed by atoms with Crippen molar-refractivity contribution >= 4 is 17.2 Å². The van der Waals surface area contributed by atoms with Crippen molar-refractivity contribution < 1.29 is 22.3 Å². The van der Waals surface area contributed by atoms with Gasteiger partial charge in [-0.25, -0.2) is 4.39 Å². The Kier molecular flexibility index (Phi) is 6.53. The Bertz CT molecular complexity index is 899. The molecule has 0 aromatic heterocycles. The van der Waals surface area contributed by atoms with Crippen molar-refractivity contribution in [3.63, 3.8) is 0 Å². The summed E-state index contributed by atoms with van der Waals surface area (Å²) in [6, 6.07) is 10.1. The maximum absolute atomic E-state index is 13.5. The standard InChI is InChI=1S/C19H14F4N2OS/c1-12(8-9-26-16-7-4-14(11-24)17(20)10-16)25-18(27)13-2-5-15(6-3-13)19(21,22)23/h2-8,10H,9H2,1H3,(H,25,27)/b12-8+. The zero-order chi connectivity index (χ0) is 20.0. The molecular formula is C19H14F4N2OS. The monoisotopic (exact) mass is 394 g/mol. The average Bonchev–Trinajstić information content (AvgIpc) is 2.61. The first-order chi connectivity index (χ1) is 12.7. The minimum absolute atomic E-state index is 0.0716. The number of thiocarbonyl (C=S) groups is 1. The van der Waals surface area contributed by atoms with Gasteiger partial charge in [-0.2, -0.15) is 18.4 Å². The summed E-state index contributed by atoms with van der Waals surface area (Å²) >= 11 is 5.17. The van der Waals surface area contributed by atoms with E-state index in [1.165, 1.54) is 24.3 Å². The summed E-state index contributed by atoms with van der Waals surface area (Å²) in [7, 11) is 0. The Balaban J connectivity index is 1.92. The molecule has 1 N–H and O–H groups in total. The van der Waals surface area contributed by atoms with Gasteiger partial charge in [-0.1, -0.05) is 24.4 Å². The number of nitrogens with zero attached hydrogens (tertiary/aromatic N) is 1. The molecule has 0 atom stereocenters. The van der Waals surface area contributed by atoms with Crippen molar-refractivity contribution in [1.29, 1.82) is 5.26 Å². The van der Waals surface area contributed by atoms with Crippen LogP contribution >= 0.6 is 12.2 Å². The van der Waals surface area contributed by atoms with Crippen LogP contribution in [0.4, 0.5) is 17.6 Å². The van der Waals surface area contributed by atoms with Crippen molar-refractivity contribution in [2.75, 3.05) is 6.61 Å². The molecule has 140 valence electrons. The Morgan fingerprint density at radius 1 is 1.22 bits per heavy atom. The molecule has 8 heteroatoms. The number of hydrogen-bond donors (Lipinski definition) is 1. The summed E-state index contributed by atoms with van der Waals surface area (Å²) in [5.41, 5.74) is 0.247. The van der Waals surface area contributed by atoms with Gasteiger partial charge in [0.25, 0.3) is 0 Å². The van der Waals surface area contributed by atoms with E-state index >= 15 is 0 Å². The maximum atomic E-state index is 13.5. The van der Waals surface area contributed by atoms with Crippen LogP contribution in [0.15, 0.2) is 54.2 Å². The maximum Gasteiger partial charge on any atom is 0.416 e. The highest BCUT2D eigenvalue weighted by Crippen LogP contribution is 2.29. The van der Waals surface area contributed by atoms with Crippen LogP contribution in [-0.2, 0) is 6.18 Å². The van der Waals surface area contributed by atoms with Gasteiger partial charge in [0.05, 0.1) is 11.1 Å². The molecule has 0 bridgehead atoms. The third-order valence-electron chi connectivity index (χ3n) is 3.49. The van der Waals surface area contributed by atoms with Crippen LogP contribution in [0.25, 0.3) is 0 Å². The topological polar surface area (TPSA) is 45.0 Å². The highest BCUT2D eigenvalue weighted by Gasteiger charge is 2.30. The number of nitrogens with one attached hydrogen (secondary N) is 1. The Morgan fingerprint density at radius 3 is 2.44 bits per heavy atom. The SMILES string of the molecule is C/C(=C\COc1ccc(C#N)c(F)c1)NC(=S)c1ccc(C(F)(F)F)cc1. The molecule has 0 spiro atoms. The number of halogens is 4. The summed E-state index contributed by atoms with van der Waals surface area (Å²) in [5, 5.41) is 11.6. The highest BCUT2D eigenvalue weighted by atomic mass is 32.1. The van der Waals surface area contributed by atoms with Crippen molar-refractivity contribution in [2.24, 2.45) is 0 Å². The molecule has 0 amide bonds. The van der Waals surface area contributed by atoms with Gasteiger partial charge in [-0.15, -0.1) is 0 Å². The van der Waals surface area contributed by atoms with Gasteiger partial charge in [0, 0.05) is 17.3 Å². The third kappa shape index (κ3) is 5.79. The van der Waals surface area contributed by atoms with Crippen LogP contribution in [0.5, 0.6) is 5.75 Å². The molecule has 2 aromatic carbocycles. The molecule has 0 fully saturated rings. The molecule has 3 nitrogen and oxygen atoms in total. The Labute approximate surface area is 158 Å². The van der Waals surface area contributed by atoms with E-state index in [-0.39, 0.29) is 22.9 Å². The molecule has 0 aliphatic carbocycles. The second kappa shape index (κ2) is 8.64. The summed E-state index contributed by atoms with van der Waals surface area (Å²) in [4.78, 5) is 0.266. The first-order valence-electron chi connectivity index (χ1n) is 7.68. The van der Waals surface area contributed by atoms with E-state index in [1.54, 1.807) is 19.1 Å². The van der Waals surface area contributed by atoms with Crippen molar-refractivity contribution in [3.8, 4) is 11.8 Å². The summed E-state index contributed by atoms with van der Waals surface area (Å²) in [5.74, 6) is -0.404. The second-order valence-electron chi connectivity index (χ2n) is 5.48. The number of ether oxygens (including phenoxy) is 1. The van der Waals surface area contributed by atoms with Crippen LogP contribution in [0, 0.1) is 17.1 Å². The highest BCUT2D eigenvalue weighted by molar-refractivity contribution is 7.80. The fraction of sp³-hybridized carbons (Fsp3) is 0.158. The predicted octanol–water partition coefficient (Wildman–Crippen LogP) is 4.96. The molecule has 0 aliphatic rings. The van der Waals surface area contributed by atoms with Gasteiger partial charge in [0.15, 0.2) is 0 Å². The number of rotatable bonds is 5. The summed E-state index contributed by atoms with van der Waals surface area (Å²) in [6.07, 6.45) is -2.75. The minimum atomic E-state index is -4.40. The lowest BCUT2D eigenvalue weighted by molar-refractivity contribution is -0.137. The number of hydrogen-bond acceptors (Lipinski definition) is 3. The van der Waals surface area contributed by atoms with Gasteiger partial charge in [-0.3, -0.25) is 0 Å². The van der Waals surface area contributed by atoms with Crippen LogP contribution in [0.2, 0.25) is 0 Å². The lowest BCUT2D eigenvalue weighted by Crippen LogP contribution is -2.21. The quantitative estimate of drug-likeness (QED) is 0.575. The molecule has 2 rings (SSSR count). The van der Waals surface area contributed by atoms with E-state index in [4.69, 9.17) is 22.2 Å². The van der Waals surface area contributed by atoms with Gasteiger partial charge < -0.3 is 10.1 Å². The zero-order valence-electron chi connectivity index (χ0n) is 14.1. The average molecular weight is 394 g/mol. The van der Waals surface area contributed by atoms with Crippen LogP contribution in [0.1, 0.15) is 23.6 Å². The van der Waals surface area contributed by atoms with Crippen LogP contribution < -0.4 is 10.1 Å². The molecule has 0 radical (unpaired) electrons. The lowest BCUT2D eigenvalue weighted by atomic mass is 10.1. The molecule has 2 aromatic rings. The fourth-order valence-electron chi connectivity index (χ4n) is 2.05. The first kappa shape index (κ1) is 20.4. The van der Waals surface area contributed by atoms with Gasteiger partial charge in [0.2, 0.25) is 0 Å². The van der Waals surface area contributed by atoms with E-state index in [9.17, 15) is 17.6 Å². The smallest absolute Gasteiger partial charge is 0.416 e. The van der Waals surface area contributed by atoms with Crippen LogP contribution in [0.3, 0.4) is 0 Å². The van der Waals surface area contributed by atoms with Crippen molar-refractivity contribution in [2.45, 2.75) is 13.1 Å². The first-order valence-corrected chi connectivity index (χ1v) is 8.09. The van der Waals surface area contributed by atoms with E-state index < -0.39 is 17.6 Å². The zero-order valence-corrected chi connectivity index (χ0v) is 14.9. The Morgan fingerprint density at radius 2 is 1.89 bits per heavy atom. The van der Waals surface area contributed by atoms with E-state index in [0.717, 1.165) is 18.2 Å². The van der Waals surface area contributed by atoms with Gasteiger partial charge in [0.1, 0.15) is 29.2 Å².